The third-order valence-corrected chi connectivity index (χ3v) is 2.71. The van der Waals surface area contributed by atoms with Gasteiger partial charge in [0.2, 0.25) is 5.88 Å². The van der Waals surface area contributed by atoms with Gasteiger partial charge in [0.25, 0.3) is 5.69 Å². The monoisotopic (exact) mass is 290 g/mol. The summed E-state index contributed by atoms with van der Waals surface area (Å²) in [7, 11) is 0. The Bertz CT molecular complexity index is 716. The number of amidine groups is 1. The van der Waals surface area contributed by atoms with Crippen molar-refractivity contribution in [1.29, 1.82) is 5.41 Å². The minimum absolute atomic E-state index is 0.0900. The fraction of sp³-hybridized carbons (Fsp3) is 0.0769. The van der Waals surface area contributed by atoms with Crippen LogP contribution in [0.1, 0.15) is 11.1 Å². The quantitative estimate of drug-likeness (QED) is 0.388. The second-order valence-electron chi connectivity index (χ2n) is 4.23. The smallest absolute Gasteiger partial charge is 0.275 e. The van der Waals surface area contributed by atoms with Crippen molar-refractivity contribution in [3.8, 4) is 11.6 Å². The van der Waals surface area contributed by atoms with Crippen LogP contribution in [0.2, 0.25) is 0 Å². The zero-order valence-electron chi connectivity index (χ0n) is 11.0. The van der Waals surface area contributed by atoms with E-state index in [1.165, 1.54) is 31.3 Å². The Hall–Kier alpha value is -3.03. The molecule has 8 heteroatoms. The number of aromatic nitrogens is 1. The molecule has 0 amide bonds. The van der Waals surface area contributed by atoms with Crippen LogP contribution < -0.4 is 10.5 Å². The van der Waals surface area contributed by atoms with Crippen molar-refractivity contribution < 1.29 is 14.1 Å². The summed E-state index contributed by atoms with van der Waals surface area (Å²) in [5.74, 6) is -1.08. The number of nitrogens with one attached hydrogen (secondary N) is 1. The molecule has 0 saturated heterocycles. The van der Waals surface area contributed by atoms with E-state index in [4.69, 9.17) is 15.9 Å². The van der Waals surface area contributed by atoms with Gasteiger partial charge in [-0.05, 0) is 19.1 Å². The van der Waals surface area contributed by atoms with E-state index in [2.05, 4.69) is 4.98 Å². The summed E-state index contributed by atoms with van der Waals surface area (Å²) in [4.78, 5) is 13.9. The Labute approximate surface area is 118 Å². The van der Waals surface area contributed by atoms with E-state index >= 15 is 0 Å². The number of aryl methyl sites for hydroxylation is 1. The Kier molecular flexibility index (Phi) is 3.79. The van der Waals surface area contributed by atoms with E-state index in [0.29, 0.717) is 5.56 Å². The van der Waals surface area contributed by atoms with Gasteiger partial charge in [0.15, 0.2) is 11.6 Å². The van der Waals surface area contributed by atoms with Gasteiger partial charge in [-0.2, -0.15) is 0 Å². The van der Waals surface area contributed by atoms with Crippen LogP contribution in [0.25, 0.3) is 0 Å². The highest BCUT2D eigenvalue weighted by molar-refractivity contribution is 5.94. The number of nitro groups is 1. The molecule has 2 aromatic rings. The van der Waals surface area contributed by atoms with Crippen LogP contribution in [0.5, 0.6) is 11.6 Å². The topological polar surface area (TPSA) is 115 Å². The number of nitro benzene ring substituents is 1. The van der Waals surface area contributed by atoms with Crippen LogP contribution in [-0.4, -0.2) is 15.7 Å². The van der Waals surface area contributed by atoms with Crippen molar-refractivity contribution in [2.24, 2.45) is 5.73 Å². The number of pyridine rings is 1. The Balaban J connectivity index is 2.29. The number of ether oxygens (including phenoxy) is 1. The summed E-state index contributed by atoms with van der Waals surface area (Å²) in [6, 6.07) is 4.95. The van der Waals surface area contributed by atoms with E-state index in [-0.39, 0.29) is 28.7 Å². The lowest BCUT2D eigenvalue weighted by molar-refractivity contribution is -0.385. The molecule has 0 spiro atoms. The number of nitrogens with two attached hydrogens (primary N) is 1. The molecule has 0 unspecified atom stereocenters. The molecule has 2 rings (SSSR count). The molecule has 0 aliphatic carbocycles. The van der Waals surface area contributed by atoms with Gasteiger partial charge in [-0.15, -0.1) is 0 Å². The molecule has 3 N–H and O–H groups in total. The largest absolute Gasteiger partial charge is 0.436 e. The Morgan fingerprint density at radius 1 is 1.48 bits per heavy atom. The molecule has 0 fully saturated rings. The van der Waals surface area contributed by atoms with Gasteiger partial charge in [0, 0.05) is 23.4 Å². The number of benzene rings is 1. The van der Waals surface area contributed by atoms with Crippen LogP contribution in [0.15, 0.2) is 30.5 Å². The fourth-order valence-corrected chi connectivity index (χ4v) is 1.63. The molecule has 0 aliphatic rings. The van der Waals surface area contributed by atoms with Crippen LogP contribution >= 0.6 is 0 Å². The highest BCUT2D eigenvalue weighted by Crippen LogP contribution is 2.29. The maximum atomic E-state index is 13.8. The van der Waals surface area contributed by atoms with Gasteiger partial charge in [-0.25, -0.2) is 9.37 Å². The third kappa shape index (κ3) is 3.11. The average molecular weight is 290 g/mol. The second kappa shape index (κ2) is 5.53. The molecule has 0 aliphatic heterocycles. The first-order valence-corrected chi connectivity index (χ1v) is 5.81. The van der Waals surface area contributed by atoms with Crippen molar-refractivity contribution in [1.82, 2.24) is 4.98 Å². The van der Waals surface area contributed by atoms with Crippen molar-refractivity contribution in [3.05, 3.63) is 57.5 Å². The summed E-state index contributed by atoms with van der Waals surface area (Å²) in [5.41, 5.74) is 5.64. The number of hydrogen-bond acceptors (Lipinski definition) is 5. The molecule has 0 bridgehead atoms. The van der Waals surface area contributed by atoms with Crippen LogP contribution in [0.3, 0.4) is 0 Å². The summed E-state index contributed by atoms with van der Waals surface area (Å²) < 4.78 is 19.0. The molecule has 1 aromatic carbocycles. The van der Waals surface area contributed by atoms with E-state index in [1.54, 1.807) is 0 Å². The Morgan fingerprint density at radius 3 is 2.71 bits per heavy atom. The fourth-order valence-electron chi connectivity index (χ4n) is 1.63. The maximum Gasteiger partial charge on any atom is 0.275 e. The lowest BCUT2D eigenvalue weighted by Gasteiger charge is -2.07. The molecule has 21 heavy (non-hydrogen) atoms. The maximum absolute atomic E-state index is 13.8. The van der Waals surface area contributed by atoms with Crippen molar-refractivity contribution in [2.45, 2.75) is 6.92 Å². The first kappa shape index (κ1) is 14.4. The molecule has 0 atom stereocenters. The number of hydrogen-bond donors (Lipinski definition) is 2. The predicted octanol–water partition coefficient (Wildman–Crippen LogP) is 2.51. The van der Waals surface area contributed by atoms with Gasteiger partial charge in [-0.1, -0.05) is 0 Å². The van der Waals surface area contributed by atoms with Gasteiger partial charge in [-0.3, -0.25) is 15.5 Å². The van der Waals surface area contributed by atoms with Gasteiger partial charge >= 0.3 is 0 Å². The van der Waals surface area contributed by atoms with Crippen molar-refractivity contribution in [2.75, 3.05) is 0 Å². The van der Waals surface area contributed by atoms with E-state index < -0.39 is 10.7 Å². The van der Waals surface area contributed by atoms with Gasteiger partial charge in [0.05, 0.1) is 11.0 Å². The van der Waals surface area contributed by atoms with Crippen LogP contribution in [0.4, 0.5) is 10.1 Å². The molecular weight excluding hydrogens is 279 g/mol. The second-order valence-corrected chi connectivity index (χ2v) is 4.23. The molecule has 0 saturated carbocycles. The Morgan fingerprint density at radius 2 is 2.19 bits per heavy atom. The average Bonchev–Trinajstić information content (AvgIpc) is 2.42. The van der Waals surface area contributed by atoms with Crippen LogP contribution in [-0.2, 0) is 0 Å². The first-order chi connectivity index (χ1) is 9.88. The molecule has 1 heterocycles. The predicted molar refractivity (Wildman–Crippen MR) is 73.1 cm³/mol. The zero-order chi connectivity index (χ0) is 15.6. The van der Waals surface area contributed by atoms with E-state index in [9.17, 15) is 14.5 Å². The molecule has 0 radical (unpaired) electrons. The normalized spacial score (nSPS) is 10.2. The summed E-state index contributed by atoms with van der Waals surface area (Å²) in [6.07, 6.45) is 1.31. The minimum Gasteiger partial charge on any atom is -0.436 e. The SMILES string of the molecule is Cc1cc(Oc2ccc(C(=N)N)cn2)c(F)cc1[N+](=O)[O-]. The summed E-state index contributed by atoms with van der Waals surface area (Å²) >= 11 is 0. The van der Waals surface area contributed by atoms with Crippen LogP contribution in [0, 0.1) is 28.3 Å². The number of halogens is 1. The zero-order valence-corrected chi connectivity index (χ0v) is 11.0. The summed E-state index contributed by atoms with van der Waals surface area (Å²) in [5, 5.41) is 17.9. The lowest BCUT2D eigenvalue weighted by Crippen LogP contribution is -2.11. The van der Waals surface area contributed by atoms with Crippen molar-refractivity contribution >= 4 is 11.5 Å². The number of nitrogens with zero attached hydrogens (tertiary/aromatic N) is 2. The lowest BCUT2D eigenvalue weighted by atomic mass is 10.2. The first-order valence-electron chi connectivity index (χ1n) is 5.81. The van der Waals surface area contributed by atoms with E-state index in [0.717, 1.165) is 6.07 Å². The van der Waals surface area contributed by atoms with Gasteiger partial charge in [0.1, 0.15) is 5.84 Å². The highest BCUT2D eigenvalue weighted by Gasteiger charge is 2.17. The number of rotatable bonds is 4. The molecule has 7 nitrogen and oxygen atoms in total. The van der Waals surface area contributed by atoms with E-state index in [1.807, 2.05) is 0 Å². The molecule has 108 valence electrons. The minimum atomic E-state index is -0.857. The molecule has 1 aromatic heterocycles. The standard InChI is InChI=1S/C13H11FN4O3/c1-7-4-11(9(14)5-10(7)18(19)20)21-12-3-2-8(6-17-12)13(15)16/h2-6H,1H3,(H3,15,16). The van der Waals surface area contributed by atoms with Gasteiger partial charge < -0.3 is 10.5 Å². The summed E-state index contributed by atoms with van der Waals surface area (Å²) in [6.45, 7) is 1.48. The highest BCUT2D eigenvalue weighted by atomic mass is 19.1. The number of nitrogen functional groups attached to an aromatic ring is 1. The third-order valence-electron chi connectivity index (χ3n) is 2.71. The van der Waals surface area contributed by atoms with Crippen molar-refractivity contribution in [3.63, 3.8) is 0 Å². The molecular formula is C13H11FN4O3.